The second kappa shape index (κ2) is 3.96. The van der Waals surface area contributed by atoms with E-state index in [-0.39, 0.29) is 0 Å². The van der Waals surface area contributed by atoms with Gasteiger partial charge in [-0.2, -0.15) is 5.10 Å². The van der Waals surface area contributed by atoms with Gasteiger partial charge in [0.25, 0.3) is 0 Å². The Hall–Kier alpha value is -1.23. The first-order valence-electron chi connectivity index (χ1n) is 3.76. The van der Waals surface area contributed by atoms with Crippen LogP contribution in [0.3, 0.4) is 0 Å². The number of fused-ring (bicyclic) bond motifs is 1. The Morgan fingerprint density at radius 3 is 2.75 bits per heavy atom. The molecule has 64 valence electrons. The number of imidazole rings is 1. The van der Waals surface area contributed by atoms with E-state index in [4.69, 9.17) is 12.2 Å². The minimum absolute atomic E-state index is 0.579. The normalized spacial score (nSPS) is 9.17. The van der Waals surface area contributed by atoms with Gasteiger partial charge in [0, 0.05) is 0 Å². The van der Waals surface area contributed by atoms with Crippen molar-refractivity contribution in [3.05, 3.63) is 17.0 Å². The third kappa shape index (κ3) is 1.68. The standard InChI is InChI=1S/C5H4N4S.C2H6/c10-5-7-3-1-2-6-9-4(3)8-5;1-2/h1-2H,(H2,7,8,9,10);1-2H3. The Bertz CT molecular complexity index is 367. The molecule has 0 atom stereocenters. The molecule has 2 aromatic rings. The number of nitrogens with zero attached hydrogens (tertiary/aromatic N) is 2. The first kappa shape index (κ1) is 8.86. The molecule has 2 N–H and O–H groups in total. The van der Waals surface area contributed by atoms with Crippen LogP contribution in [-0.4, -0.2) is 20.2 Å². The molecule has 4 nitrogen and oxygen atoms in total. The summed E-state index contributed by atoms with van der Waals surface area (Å²) < 4.78 is 0.579. The molecule has 0 fully saturated rings. The maximum Gasteiger partial charge on any atom is 0.178 e. The molecule has 0 aliphatic heterocycles. The van der Waals surface area contributed by atoms with Gasteiger partial charge in [-0.25, -0.2) is 0 Å². The number of aromatic nitrogens is 4. The van der Waals surface area contributed by atoms with Crippen molar-refractivity contribution in [2.24, 2.45) is 0 Å². The topological polar surface area (TPSA) is 57.4 Å². The highest BCUT2D eigenvalue weighted by Gasteiger charge is 1.92. The molecule has 2 aromatic heterocycles. The molecule has 0 saturated carbocycles. The number of nitrogens with one attached hydrogen (secondary N) is 2. The summed E-state index contributed by atoms with van der Waals surface area (Å²) in [6.07, 6.45) is 1.61. The van der Waals surface area contributed by atoms with Gasteiger partial charge in [0.05, 0.1) is 11.7 Å². The van der Waals surface area contributed by atoms with Crippen LogP contribution < -0.4 is 0 Å². The molecule has 0 saturated heterocycles. The third-order valence-corrected chi connectivity index (χ3v) is 1.40. The lowest BCUT2D eigenvalue weighted by Gasteiger charge is -1.80. The number of aromatic amines is 2. The average molecular weight is 182 g/mol. The van der Waals surface area contributed by atoms with Crippen molar-refractivity contribution in [2.75, 3.05) is 0 Å². The van der Waals surface area contributed by atoms with Crippen molar-refractivity contribution < 1.29 is 0 Å². The van der Waals surface area contributed by atoms with E-state index >= 15 is 0 Å². The van der Waals surface area contributed by atoms with Crippen LogP contribution in [0.25, 0.3) is 11.2 Å². The van der Waals surface area contributed by atoms with Crippen LogP contribution in [0, 0.1) is 4.77 Å². The molecule has 0 unspecified atom stereocenters. The lowest BCUT2D eigenvalue weighted by Crippen LogP contribution is -1.78. The third-order valence-electron chi connectivity index (χ3n) is 1.20. The monoisotopic (exact) mass is 182 g/mol. The van der Waals surface area contributed by atoms with E-state index < -0.39 is 0 Å². The summed E-state index contributed by atoms with van der Waals surface area (Å²) in [6, 6.07) is 1.81. The van der Waals surface area contributed by atoms with E-state index in [0.717, 1.165) is 5.52 Å². The molecule has 0 spiro atoms. The van der Waals surface area contributed by atoms with Crippen LogP contribution >= 0.6 is 12.2 Å². The summed E-state index contributed by atoms with van der Waals surface area (Å²) in [5, 5.41) is 7.48. The maximum atomic E-state index is 4.83. The van der Waals surface area contributed by atoms with E-state index in [1.54, 1.807) is 6.20 Å². The van der Waals surface area contributed by atoms with Gasteiger partial charge in [-0.3, -0.25) is 0 Å². The number of hydrogen-bond donors (Lipinski definition) is 2. The molecule has 12 heavy (non-hydrogen) atoms. The molecule has 2 rings (SSSR count). The van der Waals surface area contributed by atoms with Gasteiger partial charge >= 0.3 is 0 Å². The zero-order chi connectivity index (χ0) is 8.97. The maximum absolute atomic E-state index is 4.83. The lowest BCUT2D eigenvalue weighted by atomic mass is 10.5. The van der Waals surface area contributed by atoms with Gasteiger partial charge in [-0.1, -0.05) is 13.8 Å². The Kier molecular flexibility index (Phi) is 2.93. The molecule has 0 aliphatic rings. The van der Waals surface area contributed by atoms with Crippen LogP contribution in [0.1, 0.15) is 13.8 Å². The molecule has 0 amide bonds. The number of H-pyrrole nitrogens is 2. The van der Waals surface area contributed by atoms with E-state index in [0.29, 0.717) is 10.4 Å². The summed E-state index contributed by atoms with van der Waals surface area (Å²) >= 11 is 4.83. The SMILES string of the molecule is CC.S=c1[nH]c2ccnnc2[nH]1. The average Bonchev–Trinajstić information content (AvgIpc) is 2.48. The highest BCUT2D eigenvalue weighted by Crippen LogP contribution is 2.01. The van der Waals surface area contributed by atoms with E-state index in [1.165, 1.54) is 0 Å². The largest absolute Gasteiger partial charge is 0.329 e. The molecule has 0 aliphatic carbocycles. The van der Waals surface area contributed by atoms with Crippen LogP contribution in [0.15, 0.2) is 12.3 Å². The second-order valence-electron chi connectivity index (χ2n) is 1.87. The smallest absolute Gasteiger partial charge is 0.178 e. The molecule has 5 heteroatoms. The fraction of sp³-hybridized carbons (Fsp3) is 0.286. The first-order chi connectivity index (χ1) is 5.86. The highest BCUT2D eigenvalue weighted by molar-refractivity contribution is 7.71. The van der Waals surface area contributed by atoms with Gasteiger partial charge in [-0.15, -0.1) is 5.10 Å². The van der Waals surface area contributed by atoms with Crippen molar-refractivity contribution in [3.63, 3.8) is 0 Å². The fourth-order valence-electron chi connectivity index (χ4n) is 0.786. The number of rotatable bonds is 0. The fourth-order valence-corrected chi connectivity index (χ4v) is 0.993. The Balaban J connectivity index is 0.000000336. The Labute approximate surface area is 75.0 Å². The zero-order valence-electron chi connectivity index (χ0n) is 6.96. The molecular weight excluding hydrogens is 172 g/mol. The van der Waals surface area contributed by atoms with Gasteiger partial charge in [0.15, 0.2) is 10.4 Å². The Morgan fingerprint density at radius 2 is 2.08 bits per heavy atom. The van der Waals surface area contributed by atoms with Crippen LogP contribution in [0.5, 0.6) is 0 Å². The van der Waals surface area contributed by atoms with Crippen LogP contribution in [0.2, 0.25) is 0 Å². The van der Waals surface area contributed by atoms with Crippen molar-refractivity contribution in [3.8, 4) is 0 Å². The summed E-state index contributed by atoms with van der Waals surface area (Å²) in [5.41, 5.74) is 1.59. The molecule has 2 heterocycles. The summed E-state index contributed by atoms with van der Waals surface area (Å²) in [6.45, 7) is 4.00. The van der Waals surface area contributed by atoms with Crippen molar-refractivity contribution in [1.82, 2.24) is 20.2 Å². The molecule has 0 aromatic carbocycles. The first-order valence-corrected chi connectivity index (χ1v) is 4.17. The summed E-state index contributed by atoms with van der Waals surface area (Å²) in [5.74, 6) is 0. The summed E-state index contributed by atoms with van der Waals surface area (Å²) in [4.78, 5) is 5.76. The quantitative estimate of drug-likeness (QED) is 0.613. The van der Waals surface area contributed by atoms with Gasteiger partial charge < -0.3 is 9.97 Å². The van der Waals surface area contributed by atoms with E-state index in [9.17, 15) is 0 Å². The van der Waals surface area contributed by atoms with E-state index in [2.05, 4.69) is 20.2 Å². The summed E-state index contributed by atoms with van der Waals surface area (Å²) in [7, 11) is 0. The minimum Gasteiger partial charge on any atom is -0.329 e. The van der Waals surface area contributed by atoms with Crippen molar-refractivity contribution in [1.29, 1.82) is 0 Å². The zero-order valence-corrected chi connectivity index (χ0v) is 7.77. The van der Waals surface area contributed by atoms with Gasteiger partial charge in [0.2, 0.25) is 0 Å². The van der Waals surface area contributed by atoms with Crippen molar-refractivity contribution >= 4 is 23.4 Å². The second-order valence-corrected chi connectivity index (χ2v) is 2.28. The Morgan fingerprint density at radius 1 is 1.33 bits per heavy atom. The van der Waals surface area contributed by atoms with Crippen LogP contribution in [-0.2, 0) is 0 Å². The lowest BCUT2D eigenvalue weighted by molar-refractivity contribution is 1.06. The molecule has 0 radical (unpaired) electrons. The van der Waals surface area contributed by atoms with Gasteiger partial charge in [-0.05, 0) is 18.3 Å². The van der Waals surface area contributed by atoms with Crippen LogP contribution in [0.4, 0.5) is 0 Å². The molecular formula is C7H10N4S. The van der Waals surface area contributed by atoms with Crippen molar-refractivity contribution in [2.45, 2.75) is 13.8 Å². The number of hydrogen-bond acceptors (Lipinski definition) is 3. The van der Waals surface area contributed by atoms with E-state index in [1.807, 2.05) is 19.9 Å². The van der Waals surface area contributed by atoms with Gasteiger partial charge in [0.1, 0.15) is 0 Å². The highest BCUT2D eigenvalue weighted by atomic mass is 32.1. The minimum atomic E-state index is 0.579. The predicted octanol–water partition coefficient (Wildman–Crippen LogP) is 2.04. The predicted molar refractivity (Wildman–Crippen MR) is 50.4 cm³/mol. The molecule has 0 bridgehead atoms.